The van der Waals surface area contributed by atoms with E-state index in [-0.39, 0.29) is 34.7 Å². The van der Waals surface area contributed by atoms with Gasteiger partial charge in [-0.05, 0) is 94.4 Å². The molecule has 0 atom stereocenters. The topological polar surface area (TPSA) is 162 Å². The number of nitriles is 1. The Balaban J connectivity index is 1.22. The van der Waals surface area contributed by atoms with Gasteiger partial charge in [0, 0.05) is 34.8 Å². The second-order valence-electron chi connectivity index (χ2n) is 11.5. The van der Waals surface area contributed by atoms with Gasteiger partial charge in [-0.2, -0.15) is 5.26 Å². The fourth-order valence-corrected chi connectivity index (χ4v) is 5.07. The third kappa shape index (κ3) is 6.14. The molecule has 6 aromatic rings. The number of benzene rings is 4. The van der Waals surface area contributed by atoms with Crippen LogP contribution >= 0.6 is 0 Å². The normalized spacial score (nSPS) is 11.3. The minimum Gasteiger partial charge on any atom is -0.456 e. The van der Waals surface area contributed by atoms with Gasteiger partial charge in [0.15, 0.2) is 0 Å². The molecule has 6 rings (SSSR count). The SMILES string of the molecule is CC(C)NC(=N)c1ccc2nc(-c3ccc(Oc4ccc(-c5nc6ccc(C(=N)NC(C)C)cc6[nH]5)c(F)c4)c(C#N)c3)[nH]c2c1. The van der Waals surface area contributed by atoms with Crippen molar-refractivity contribution in [1.29, 1.82) is 16.1 Å². The van der Waals surface area contributed by atoms with Crippen molar-refractivity contribution >= 4 is 33.7 Å². The van der Waals surface area contributed by atoms with E-state index in [0.717, 1.165) is 16.6 Å². The highest BCUT2D eigenvalue weighted by molar-refractivity contribution is 6.00. The van der Waals surface area contributed by atoms with E-state index in [1.165, 1.54) is 6.07 Å². The maximum Gasteiger partial charge on any atom is 0.145 e. The Kier molecular flexibility index (Phi) is 7.94. The molecule has 0 saturated heterocycles. The van der Waals surface area contributed by atoms with Crippen molar-refractivity contribution in [2.75, 3.05) is 0 Å². The molecule has 46 heavy (non-hydrogen) atoms. The van der Waals surface area contributed by atoms with Crippen LogP contribution in [-0.4, -0.2) is 43.7 Å². The zero-order valence-corrected chi connectivity index (χ0v) is 25.7. The van der Waals surface area contributed by atoms with Gasteiger partial charge in [-0.3, -0.25) is 10.8 Å². The minimum absolute atomic E-state index is 0.123. The van der Waals surface area contributed by atoms with Crippen LogP contribution in [0, 0.1) is 28.0 Å². The van der Waals surface area contributed by atoms with E-state index in [0.29, 0.717) is 45.5 Å². The maximum absolute atomic E-state index is 15.3. The van der Waals surface area contributed by atoms with Crippen LogP contribution in [0.4, 0.5) is 4.39 Å². The smallest absolute Gasteiger partial charge is 0.145 e. The van der Waals surface area contributed by atoms with Crippen molar-refractivity contribution in [1.82, 2.24) is 30.6 Å². The lowest BCUT2D eigenvalue weighted by Gasteiger charge is -2.10. The number of fused-ring (bicyclic) bond motifs is 2. The average molecular weight is 614 g/mol. The Bertz CT molecular complexity index is 2170. The summed E-state index contributed by atoms with van der Waals surface area (Å²) in [6, 6.07) is 22.9. The molecule has 0 aliphatic rings. The summed E-state index contributed by atoms with van der Waals surface area (Å²) in [4.78, 5) is 15.6. The number of ether oxygens (including phenoxy) is 1. The lowest BCUT2D eigenvalue weighted by atomic mass is 10.1. The van der Waals surface area contributed by atoms with Crippen molar-refractivity contribution in [2.24, 2.45) is 0 Å². The molecule has 6 N–H and O–H groups in total. The summed E-state index contributed by atoms with van der Waals surface area (Å²) in [5, 5.41) is 32.6. The number of nitrogens with one attached hydrogen (secondary N) is 6. The van der Waals surface area contributed by atoms with Crippen molar-refractivity contribution in [3.63, 3.8) is 0 Å². The molecular formula is C35H32FN9O. The summed E-state index contributed by atoms with van der Waals surface area (Å²) in [6.45, 7) is 7.89. The van der Waals surface area contributed by atoms with Crippen LogP contribution < -0.4 is 15.4 Å². The molecule has 0 saturated carbocycles. The molecule has 2 heterocycles. The zero-order valence-electron chi connectivity index (χ0n) is 25.7. The highest BCUT2D eigenvalue weighted by Crippen LogP contribution is 2.32. The van der Waals surface area contributed by atoms with Gasteiger partial charge < -0.3 is 25.3 Å². The standard InChI is InChI=1S/C35H32FN9O/c1-18(2)40-32(38)20-5-10-27-29(14-20)44-34(42-27)22-7-12-31(23(13-22)17-37)46-24-8-9-25(26(36)16-24)35-43-28-11-6-21(15-30(28)45-35)33(39)41-19(3)4/h5-16,18-19H,1-4H3,(H2,38,40)(H2,39,41)(H,42,44)(H,43,45). The predicted octanol–water partition coefficient (Wildman–Crippen LogP) is 7.22. The van der Waals surface area contributed by atoms with Crippen molar-refractivity contribution in [3.05, 3.63) is 95.3 Å². The lowest BCUT2D eigenvalue weighted by molar-refractivity contribution is 0.475. The van der Waals surface area contributed by atoms with Gasteiger partial charge in [0.2, 0.25) is 0 Å². The molecule has 4 aromatic carbocycles. The van der Waals surface area contributed by atoms with Crippen LogP contribution in [0.3, 0.4) is 0 Å². The van der Waals surface area contributed by atoms with Crippen LogP contribution in [0.2, 0.25) is 0 Å². The summed E-state index contributed by atoms with van der Waals surface area (Å²) in [7, 11) is 0. The molecule has 0 unspecified atom stereocenters. The van der Waals surface area contributed by atoms with E-state index in [1.807, 2.05) is 52.0 Å². The highest BCUT2D eigenvalue weighted by atomic mass is 19.1. The van der Waals surface area contributed by atoms with Gasteiger partial charge in [0.25, 0.3) is 0 Å². The van der Waals surface area contributed by atoms with Crippen molar-refractivity contribution in [3.8, 4) is 40.3 Å². The number of nitrogens with zero attached hydrogens (tertiary/aromatic N) is 3. The molecule has 0 amide bonds. The first kappa shape index (κ1) is 30.0. The Morgan fingerprint density at radius 2 is 1.37 bits per heavy atom. The summed E-state index contributed by atoms with van der Waals surface area (Å²) in [5.74, 6) is 1.51. The number of hydrogen-bond acceptors (Lipinski definition) is 6. The molecule has 0 spiro atoms. The molecule has 11 heteroatoms. The summed E-state index contributed by atoms with van der Waals surface area (Å²) >= 11 is 0. The second-order valence-corrected chi connectivity index (χ2v) is 11.5. The fraction of sp³-hybridized carbons (Fsp3) is 0.171. The van der Waals surface area contributed by atoms with Crippen molar-refractivity contribution in [2.45, 2.75) is 39.8 Å². The molecule has 10 nitrogen and oxygen atoms in total. The summed E-state index contributed by atoms with van der Waals surface area (Å²) in [5.41, 5.74) is 5.49. The Labute approximate surface area is 264 Å². The summed E-state index contributed by atoms with van der Waals surface area (Å²) < 4.78 is 21.3. The number of hydrogen-bond donors (Lipinski definition) is 6. The number of amidine groups is 2. The molecule has 230 valence electrons. The molecule has 2 aromatic heterocycles. The predicted molar refractivity (Wildman–Crippen MR) is 178 cm³/mol. The molecular weight excluding hydrogens is 581 g/mol. The number of aromatic amines is 2. The van der Waals surface area contributed by atoms with E-state index in [1.54, 1.807) is 42.5 Å². The van der Waals surface area contributed by atoms with E-state index >= 15 is 4.39 Å². The van der Waals surface area contributed by atoms with E-state index < -0.39 is 5.82 Å². The highest BCUT2D eigenvalue weighted by Gasteiger charge is 2.16. The van der Waals surface area contributed by atoms with Crippen LogP contribution in [0.15, 0.2) is 72.8 Å². The monoisotopic (exact) mass is 613 g/mol. The fourth-order valence-electron chi connectivity index (χ4n) is 5.07. The minimum atomic E-state index is -0.542. The molecule has 0 aliphatic carbocycles. The molecule has 0 bridgehead atoms. The van der Waals surface area contributed by atoms with E-state index in [9.17, 15) is 5.26 Å². The van der Waals surface area contributed by atoms with Gasteiger partial charge in [-0.1, -0.05) is 0 Å². The van der Waals surface area contributed by atoms with Gasteiger partial charge in [-0.15, -0.1) is 0 Å². The largest absolute Gasteiger partial charge is 0.456 e. The van der Waals surface area contributed by atoms with Crippen LogP contribution in [-0.2, 0) is 0 Å². The summed E-state index contributed by atoms with van der Waals surface area (Å²) in [6.07, 6.45) is 0. The van der Waals surface area contributed by atoms with Gasteiger partial charge in [0.1, 0.15) is 46.7 Å². The van der Waals surface area contributed by atoms with Gasteiger partial charge >= 0.3 is 0 Å². The maximum atomic E-state index is 15.3. The van der Waals surface area contributed by atoms with Gasteiger partial charge in [-0.25, -0.2) is 14.4 Å². The quantitative estimate of drug-likeness (QED) is 0.0784. The number of H-pyrrole nitrogens is 2. The van der Waals surface area contributed by atoms with E-state index in [2.05, 4.69) is 36.6 Å². The molecule has 0 radical (unpaired) electrons. The second kappa shape index (κ2) is 12.2. The average Bonchev–Trinajstić information content (AvgIpc) is 3.64. The number of aromatic nitrogens is 4. The molecule has 0 aliphatic heterocycles. The number of rotatable bonds is 8. The first-order chi connectivity index (χ1) is 22.1. The third-order valence-electron chi connectivity index (χ3n) is 7.20. The van der Waals surface area contributed by atoms with Gasteiger partial charge in [0.05, 0.1) is 33.2 Å². The zero-order chi connectivity index (χ0) is 32.5. The molecule has 0 fully saturated rings. The first-order valence-electron chi connectivity index (χ1n) is 14.8. The van der Waals surface area contributed by atoms with Crippen LogP contribution in [0.5, 0.6) is 11.5 Å². The Morgan fingerprint density at radius 3 is 1.93 bits per heavy atom. The van der Waals surface area contributed by atoms with E-state index in [4.69, 9.17) is 15.6 Å². The van der Waals surface area contributed by atoms with Crippen LogP contribution in [0.1, 0.15) is 44.4 Å². The first-order valence-corrected chi connectivity index (χ1v) is 14.8. The number of imidazole rings is 2. The van der Waals surface area contributed by atoms with Crippen LogP contribution in [0.25, 0.3) is 44.8 Å². The number of halogens is 1. The third-order valence-corrected chi connectivity index (χ3v) is 7.20. The Morgan fingerprint density at radius 1 is 0.783 bits per heavy atom. The van der Waals surface area contributed by atoms with Crippen molar-refractivity contribution < 1.29 is 9.13 Å². The lowest BCUT2D eigenvalue weighted by Crippen LogP contribution is -2.30. The Hall–Kier alpha value is -6.02.